The molecule has 0 aliphatic heterocycles. The van der Waals surface area contributed by atoms with E-state index < -0.39 is 0 Å². The maximum atomic E-state index is 5.97. The summed E-state index contributed by atoms with van der Waals surface area (Å²) in [6.07, 6.45) is 4.23. The van der Waals surface area contributed by atoms with Crippen LogP contribution in [0.15, 0.2) is 41.1 Å². The summed E-state index contributed by atoms with van der Waals surface area (Å²) in [5.74, 6) is 1.24. The van der Waals surface area contributed by atoms with Crippen LogP contribution in [-0.2, 0) is 13.0 Å². The smallest absolute Gasteiger partial charge is 0.216 e. The molecule has 7 heteroatoms. The molecule has 0 unspecified atom stereocenters. The van der Waals surface area contributed by atoms with Crippen molar-refractivity contribution >= 4 is 11.6 Å². The lowest BCUT2D eigenvalue weighted by Gasteiger charge is -1.97. The number of oxazole rings is 1. The van der Waals surface area contributed by atoms with Gasteiger partial charge in [-0.05, 0) is 18.7 Å². The molecule has 2 heterocycles. The van der Waals surface area contributed by atoms with Crippen molar-refractivity contribution in [3.8, 4) is 11.3 Å². The van der Waals surface area contributed by atoms with Gasteiger partial charge in [-0.3, -0.25) is 0 Å². The van der Waals surface area contributed by atoms with E-state index in [9.17, 15) is 0 Å². The van der Waals surface area contributed by atoms with E-state index >= 15 is 0 Å². The summed E-state index contributed by atoms with van der Waals surface area (Å²) >= 11 is 5.97. The molecule has 2 aromatic heterocycles. The van der Waals surface area contributed by atoms with Crippen LogP contribution in [0, 0.1) is 0 Å². The highest BCUT2D eigenvalue weighted by Gasteiger charge is 2.08. The van der Waals surface area contributed by atoms with Gasteiger partial charge >= 0.3 is 0 Å². The number of nitrogens with two attached hydrogens (primary N) is 1. The molecule has 0 fully saturated rings. The van der Waals surface area contributed by atoms with Crippen molar-refractivity contribution in [2.45, 2.75) is 13.0 Å². The van der Waals surface area contributed by atoms with Crippen molar-refractivity contribution in [1.82, 2.24) is 20.0 Å². The number of rotatable bonds is 5. The molecule has 1 aromatic carbocycles. The predicted molar refractivity (Wildman–Crippen MR) is 78.8 cm³/mol. The lowest BCUT2D eigenvalue weighted by atomic mass is 10.2. The highest BCUT2D eigenvalue weighted by atomic mass is 35.5. The Bertz CT molecular complexity index is 736. The number of nitrogens with zero attached hydrogens (tertiary/aromatic N) is 4. The summed E-state index contributed by atoms with van der Waals surface area (Å²) in [6, 6.07) is 7.44. The molecule has 0 aliphatic carbocycles. The van der Waals surface area contributed by atoms with Crippen LogP contribution in [0.2, 0.25) is 5.02 Å². The number of hydrogen-bond acceptors (Lipinski definition) is 5. The summed E-state index contributed by atoms with van der Waals surface area (Å²) in [5.41, 5.74) is 7.24. The second-order valence-electron chi connectivity index (χ2n) is 4.57. The van der Waals surface area contributed by atoms with E-state index in [1.807, 2.05) is 30.5 Å². The monoisotopic (exact) mass is 303 g/mol. The highest BCUT2D eigenvalue weighted by molar-refractivity contribution is 6.30. The zero-order chi connectivity index (χ0) is 14.7. The van der Waals surface area contributed by atoms with Gasteiger partial charge in [0.25, 0.3) is 0 Å². The van der Waals surface area contributed by atoms with E-state index in [0.717, 1.165) is 11.3 Å². The molecule has 2 N–H and O–H groups in total. The van der Waals surface area contributed by atoms with Crippen LogP contribution >= 0.6 is 11.6 Å². The van der Waals surface area contributed by atoms with Crippen molar-refractivity contribution in [3.63, 3.8) is 0 Å². The molecule has 0 saturated carbocycles. The Hall–Kier alpha value is -2.18. The molecule has 6 nitrogen and oxygen atoms in total. The standard InChI is InChI=1S/C14H14ClN5O/c15-11-3-1-2-10(6-11)13-7-17-14(21-13)9-20-8-12(4-5-16)18-19-20/h1-3,6-8H,4-5,9,16H2. The fraction of sp³-hybridized carbons (Fsp3) is 0.214. The van der Waals surface area contributed by atoms with Gasteiger partial charge in [0.2, 0.25) is 5.89 Å². The van der Waals surface area contributed by atoms with Crippen molar-refractivity contribution in [3.05, 3.63) is 53.3 Å². The average molecular weight is 304 g/mol. The molecule has 3 rings (SSSR count). The second kappa shape index (κ2) is 6.07. The molecule has 0 bridgehead atoms. The molecule has 0 amide bonds. The fourth-order valence-electron chi connectivity index (χ4n) is 1.98. The first-order valence-electron chi connectivity index (χ1n) is 6.54. The van der Waals surface area contributed by atoms with E-state index in [0.29, 0.717) is 36.2 Å². The molecule has 0 radical (unpaired) electrons. The van der Waals surface area contributed by atoms with Gasteiger partial charge in [-0.1, -0.05) is 28.9 Å². The van der Waals surface area contributed by atoms with Gasteiger partial charge in [0.1, 0.15) is 6.54 Å². The van der Waals surface area contributed by atoms with Crippen molar-refractivity contribution < 1.29 is 4.42 Å². The van der Waals surface area contributed by atoms with Crippen LogP contribution in [0.4, 0.5) is 0 Å². The number of aromatic nitrogens is 4. The van der Waals surface area contributed by atoms with E-state index in [4.69, 9.17) is 21.8 Å². The van der Waals surface area contributed by atoms with Gasteiger partial charge in [-0.25, -0.2) is 9.67 Å². The van der Waals surface area contributed by atoms with Gasteiger partial charge in [-0.15, -0.1) is 5.10 Å². The Morgan fingerprint density at radius 1 is 1.33 bits per heavy atom. The molecule has 21 heavy (non-hydrogen) atoms. The van der Waals surface area contributed by atoms with E-state index in [1.54, 1.807) is 10.9 Å². The first-order valence-corrected chi connectivity index (χ1v) is 6.92. The van der Waals surface area contributed by atoms with Gasteiger partial charge in [0, 0.05) is 23.2 Å². The normalized spacial score (nSPS) is 11.0. The van der Waals surface area contributed by atoms with Crippen LogP contribution in [0.5, 0.6) is 0 Å². The van der Waals surface area contributed by atoms with Crippen molar-refractivity contribution in [1.29, 1.82) is 0 Å². The maximum Gasteiger partial charge on any atom is 0.216 e. The molecule has 0 aliphatic rings. The van der Waals surface area contributed by atoms with Gasteiger partial charge < -0.3 is 10.2 Å². The zero-order valence-corrected chi connectivity index (χ0v) is 12.0. The molecule has 3 aromatic rings. The van der Waals surface area contributed by atoms with Gasteiger partial charge in [0.15, 0.2) is 5.76 Å². The van der Waals surface area contributed by atoms with Crippen LogP contribution in [0.25, 0.3) is 11.3 Å². The zero-order valence-electron chi connectivity index (χ0n) is 11.2. The van der Waals surface area contributed by atoms with Crippen LogP contribution in [0.1, 0.15) is 11.6 Å². The topological polar surface area (TPSA) is 82.8 Å². The molecule has 0 spiro atoms. The van der Waals surface area contributed by atoms with E-state index in [2.05, 4.69) is 15.3 Å². The summed E-state index contributed by atoms with van der Waals surface area (Å²) < 4.78 is 7.39. The molecular weight excluding hydrogens is 290 g/mol. The number of benzene rings is 1. The Morgan fingerprint density at radius 3 is 3.05 bits per heavy atom. The molecule has 108 valence electrons. The minimum atomic E-state index is 0.429. The summed E-state index contributed by atoms with van der Waals surface area (Å²) in [4.78, 5) is 4.25. The first kappa shape index (κ1) is 13.8. The Balaban J connectivity index is 1.75. The Labute approximate surface area is 126 Å². The number of halogens is 1. The minimum Gasteiger partial charge on any atom is -0.439 e. The van der Waals surface area contributed by atoms with E-state index in [-0.39, 0.29) is 0 Å². The summed E-state index contributed by atoms with van der Waals surface area (Å²) in [6.45, 7) is 0.981. The third-order valence-electron chi connectivity index (χ3n) is 2.95. The quantitative estimate of drug-likeness (QED) is 0.780. The largest absolute Gasteiger partial charge is 0.439 e. The third kappa shape index (κ3) is 3.29. The highest BCUT2D eigenvalue weighted by Crippen LogP contribution is 2.23. The number of hydrogen-bond donors (Lipinski definition) is 1. The minimum absolute atomic E-state index is 0.429. The van der Waals surface area contributed by atoms with Crippen LogP contribution in [-0.4, -0.2) is 26.5 Å². The molecule has 0 saturated heterocycles. The Morgan fingerprint density at radius 2 is 2.24 bits per heavy atom. The predicted octanol–water partition coefficient (Wildman–Crippen LogP) is 2.14. The maximum absolute atomic E-state index is 5.97. The SMILES string of the molecule is NCCc1cn(Cc2ncc(-c3cccc(Cl)c3)o2)nn1. The molecule has 0 atom stereocenters. The third-order valence-corrected chi connectivity index (χ3v) is 3.18. The lowest BCUT2D eigenvalue weighted by molar-refractivity contribution is 0.469. The van der Waals surface area contributed by atoms with Gasteiger partial charge in [-0.2, -0.15) is 0 Å². The summed E-state index contributed by atoms with van der Waals surface area (Å²) in [7, 11) is 0. The Kier molecular flexibility index (Phi) is 3.98. The van der Waals surface area contributed by atoms with Crippen LogP contribution in [0.3, 0.4) is 0 Å². The average Bonchev–Trinajstić information content (AvgIpc) is 3.10. The van der Waals surface area contributed by atoms with E-state index in [1.165, 1.54) is 0 Å². The first-order chi connectivity index (χ1) is 10.2. The summed E-state index contributed by atoms with van der Waals surface area (Å²) in [5, 5.41) is 8.70. The van der Waals surface area contributed by atoms with Crippen molar-refractivity contribution in [2.24, 2.45) is 5.73 Å². The lowest BCUT2D eigenvalue weighted by Crippen LogP contribution is -2.02. The fourth-order valence-corrected chi connectivity index (χ4v) is 2.17. The van der Waals surface area contributed by atoms with Crippen LogP contribution < -0.4 is 5.73 Å². The van der Waals surface area contributed by atoms with Crippen molar-refractivity contribution in [2.75, 3.05) is 6.54 Å². The second-order valence-corrected chi connectivity index (χ2v) is 5.01. The van der Waals surface area contributed by atoms with Gasteiger partial charge in [0.05, 0.1) is 11.9 Å². The molecular formula is C14H14ClN5O.